The molecule has 0 aliphatic heterocycles. The van der Waals surface area contributed by atoms with Gasteiger partial charge in [0.2, 0.25) is 5.91 Å². The fourth-order valence-electron chi connectivity index (χ4n) is 2.11. The van der Waals surface area contributed by atoms with Gasteiger partial charge in [-0.25, -0.2) is 9.59 Å². The van der Waals surface area contributed by atoms with Crippen LogP contribution in [0.15, 0.2) is 24.3 Å². The molecule has 1 aromatic rings. The molecule has 24 heavy (non-hydrogen) atoms. The highest BCUT2D eigenvalue weighted by atomic mass is 16.4. The minimum absolute atomic E-state index is 0.00224. The molecular formula is C17H25N3O4. The zero-order chi connectivity index (χ0) is 17.9. The third-order valence-corrected chi connectivity index (χ3v) is 3.53. The summed E-state index contributed by atoms with van der Waals surface area (Å²) in [5.74, 6) is -1.00. The lowest BCUT2D eigenvalue weighted by Gasteiger charge is -2.12. The molecule has 4 N–H and O–H groups in total. The summed E-state index contributed by atoms with van der Waals surface area (Å²) >= 11 is 0. The van der Waals surface area contributed by atoms with Crippen molar-refractivity contribution in [1.82, 2.24) is 16.0 Å². The van der Waals surface area contributed by atoms with Gasteiger partial charge in [-0.3, -0.25) is 4.79 Å². The van der Waals surface area contributed by atoms with E-state index in [0.717, 1.165) is 18.4 Å². The second-order valence-electron chi connectivity index (χ2n) is 5.59. The summed E-state index contributed by atoms with van der Waals surface area (Å²) in [6.45, 7) is 4.94. The normalized spacial score (nSPS) is 11.4. The van der Waals surface area contributed by atoms with Crippen molar-refractivity contribution >= 4 is 17.9 Å². The van der Waals surface area contributed by atoms with Crippen molar-refractivity contribution in [1.29, 1.82) is 0 Å². The average molecular weight is 335 g/mol. The van der Waals surface area contributed by atoms with Crippen LogP contribution in [0.5, 0.6) is 0 Å². The Labute approximate surface area is 141 Å². The lowest BCUT2D eigenvalue weighted by molar-refractivity contribution is -0.124. The number of carbonyl (C=O) groups is 3. The van der Waals surface area contributed by atoms with Crippen LogP contribution in [0.25, 0.3) is 0 Å². The first-order valence-corrected chi connectivity index (χ1v) is 8.05. The van der Waals surface area contributed by atoms with Crippen molar-refractivity contribution in [3.63, 3.8) is 0 Å². The van der Waals surface area contributed by atoms with Gasteiger partial charge in [0.25, 0.3) is 0 Å². The molecule has 7 heteroatoms. The first kappa shape index (κ1) is 19.5. The molecule has 0 aliphatic carbocycles. The van der Waals surface area contributed by atoms with Gasteiger partial charge < -0.3 is 21.1 Å². The molecule has 132 valence electrons. The van der Waals surface area contributed by atoms with Gasteiger partial charge in [-0.05, 0) is 24.1 Å². The standard InChI is InChI=1S/C17H25N3O4/c1-3-4-12(2)15(21)18-9-10-19-17(24)20-11-13-5-7-14(8-6-13)16(22)23/h5-8,12H,3-4,9-11H2,1-2H3,(H,18,21)(H,22,23)(H2,19,20,24). The number of benzene rings is 1. The Morgan fingerprint density at radius 2 is 1.67 bits per heavy atom. The van der Waals surface area contributed by atoms with Gasteiger partial charge in [0.05, 0.1) is 5.56 Å². The highest BCUT2D eigenvalue weighted by Gasteiger charge is 2.10. The summed E-state index contributed by atoms with van der Waals surface area (Å²) in [5, 5.41) is 16.9. The molecular weight excluding hydrogens is 310 g/mol. The quantitative estimate of drug-likeness (QED) is 0.516. The van der Waals surface area contributed by atoms with Crippen LogP contribution in [-0.4, -0.2) is 36.1 Å². The van der Waals surface area contributed by atoms with Crippen LogP contribution in [0.2, 0.25) is 0 Å². The Bertz CT molecular complexity index is 557. The monoisotopic (exact) mass is 335 g/mol. The molecule has 0 aliphatic rings. The number of carboxylic acid groups (broad SMARTS) is 1. The Morgan fingerprint density at radius 1 is 1.04 bits per heavy atom. The summed E-state index contributed by atoms with van der Waals surface area (Å²) in [7, 11) is 0. The number of hydrogen-bond donors (Lipinski definition) is 4. The zero-order valence-electron chi connectivity index (χ0n) is 14.1. The fourth-order valence-corrected chi connectivity index (χ4v) is 2.11. The van der Waals surface area contributed by atoms with Gasteiger partial charge in [0.1, 0.15) is 0 Å². The highest BCUT2D eigenvalue weighted by molar-refractivity contribution is 5.87. The summed E-state index contributed by atoms with van der Waals surface area (Å²) in [5.41, 5.74) is 1.01. The van der Waals surface area contributed by atoms with Gasteiger partial charge in [-0.15, -0.1) is 0 Å². The SMILES string of the molecule is CCCC(C)C(=O)NCCNC(=O)NCc1ccc(C(=O)O)cc1. The predicted octanol–water partition coefficient (Wildman–Crippen LogP) is 1.74. The topological polar surface area (TPSA) is 108 Å². The van der Waals surface area contributed by atoms with Gasteiger partial charge in [-0.2, -0.15) is 0 Å². The largest absolute Gasteiger partial charge is 0.478 e. The van der Waals surface area contributed by atoms with Gasteiger partial charge in [-0.1, -0.05) is 32.4 Å². The Hall–Kier alpha value is -2.57. The minimum atomic E-state index is -0.984. The maximum absolute atomic E-state index is 11.7. The number of carbonyl (C=O) groups excluding carboxylic acids is 2. The van der Waals surface area contributed by atoms with E-state index in [1.807, 2.05) is 13.8 Å². The molecule has 0 saturated heterocycles. The second-order valence-corrected chi connectivity index (χ2v) is 5.59. The highest BCUT2D eigenvalue weighted by Crippen LogP contribution is 2.04. The maximum Gasteiger partial charge on any atom is 0.335 e. The van der Waals surface area contributed by atoms with Crippen LogP contribution in [0.1, 0.15) is 42.6 Å². The van der Waals surface area contributed by atoms with E-state index in [1.54, 1.807) is 12.1 Å². The van der Waals surface area contributed by atoms with Crippen molar-refractivity contribution in [3.8, 4) is 0 Å². The van der Waals surface area contributed by atoms with Crippen molar-refractivity contribution < 1.29 is 19.5 Å². The van der Waals surface area contributed by atoms with E-state index in [2.05, 4.69) is 16.0 Å². The van der Waals surface area contributed by atoms with Crippen LogP contribution >= 0.6 is 0 Å². The molecule has 1 aromatic carbocycles. The molecule has 0 radical (unpaired) electrons. The second kappa shape index (κ2) is 10.3. The minimum Gasteiger partial charge on any atom is -0.478 e. The van der Waals surface area contributed by atoms with E-state index in [-0.39, 0.29) is 23.4 Å². The summed E-state index contributed by atoms with van der Waals surface area (Å²) in [6.07, 6.45) is 1.81. The average Bonchev–Trinajstić information content (AvgIpc) is 2.57. The number of urea groups is 1. The zero-order valence-corrected chi connectivity index (χ0v) is 14.1. The first-order valence-electron chi connectivity index (χ1n) is 8.05. The Balaban J connectivity index is 2.20. The number of amides is 3. The van der Waals surface area contributed by atoms with Gasteiger partial charge in [0.15, 0.2) is 0 Å². The van der Waals surface area contributed by atoms with Crippen LogP contribution < -0.4 is 16.0 Å². The summed E-state index contributed by atoms with van der Waals surface area (Å²) in [4.78, 5) is 34.1. The van der Waals surface area contributed by atoms with Crippen molar-refractivity contribution in [3.05, 3.63) is 35.4 Å². The van der Waals surface area contributed by atoms with E-state index in [0.29, 0.717) is 19.6 Å². The van der Waals surface area contributed by atoms with E-state index < -0.39 is 5.97 Å². The molecule has 0 heterocycles. The van der Waals surface area contributed by atoms with Crippen LogP contribution in [-0.2, 0) is 11.3 Å². The van der Waals surface area contributed by atoms with Gasteiger partial charge >= 0.3 is 12.0 Å². The lowest BCUT2D eigenvalue weighted by atomic mass is 10.1. The maximum atomic E-state index is 11.7. The van der Waals surface area contributed by atoms with Crippen molar-refractivity contribution in [2.45, 2.75) is 33.2 Å². The van der Waals surface area contributed by atoms with Crippen molar-refractivity contribution in [2.24, 2.45) is 5.92 Å². The Kier molecular flexibility index (Phi) is 8.32. The smallest absolute Gasteiger partial charge is 0.335 e. The molecule has 1 atom stereocenters. The van der Waals surface area contributed by atoms with Gasteiger partial charge in [0, 0.05) is 25.6 Å². The molecule has 1 unspecified atom stereocenters. The number of hydrogen-bond acceptors (Lipinski definition) is 3. The fraction of sp³-hybridized carbons (Fsp3) is 0.471. The third kappa shape index (κ3) is 7.13. The molecule has 0 bridgehead atoms. The number of aromatic carboxylic acids is 1. The predicted molar refractivity (Wildman–Crippen MR) is 90.7 cm³/mol. The number of rotatable bonds is 9. The molecule has 0 saturated carbocycles. The van der Waals surface area contributed by atoms with Crippen molar-refractivity contribution in [2.75, 3.05) is 13.1 Å². The van der Waals surface area contributed by atoms with Crippen LogP contribution in [0.4, 0.5) is 4.79 Å². The third-order valence-electron chi connectivity index (χ3n) is 3.53. The first-order chi connectivity index (χ1) is 11.4. The number of nitrogens with one attached hydrogen (secondary N) is 3. The molecule has 7 nitrogen and oxygen atoms in total. The summed E-state index contributed by atoms with van der Waals surface area (Å²) in [6, 6.07) is 5.94. The Morgan fingerprint density at radius 3 is 2.25 bits per heavy atom. The van der Waals surface area contributed by atoms with E-state index >= 15 is 0 Å². The number of carboxylic acids is 1. The van der Waals surface area contributed by atoms with Crippen LogP contribution in [0, 0.1) is 5.92 Å². The molecule has 1 rings (SSSR count). The van der Waals surface area contributed by atoms with E-state index in [1.165, 1.54) is 12.1 Å². The molecule has 0 aromatic heterocycles. The van der Waals surface area contributed by atoms with E-state index in [9.17, 15) is 14.4 Å². The van der Waals surface area contributed by atoms with E-state index in [4.69, 9.17) is 5.11 Å². The molecule has 0 fully saturated rings. The van der Waals surface area contributed by atoms with Crippen LogP contribution in [0.3, 0.4) is 0 Å². The summed E-state index contributed by atoms with van der Waals surface area (Å²) < 4.78 is 0. The molecule has 3 amide bonds. The molecule has 0 spiro atoms. The lowest BCUT2D eigenvalue weighted by Crippen LogP contribution is -2.41.